The number of carbonyl (C=O) groups is 1. The molecule has 122 valence electrons. The second kappa shape index (κ2) is 8.16. The highest BCUT2D eigenvalue weighted by Crippen LogP contribution is 2.25. The molecule has 0 radical (unpaired) electrons. The number of hydrogen-bond donors (Lipinski definition) is 0. The topological polar surface area (TPSA) is 35.5 Å². The van der Waals surface area contributed by atoms with Gasteiger partial charge in [-0.05, 0) is 23.4 Å². The lowest BCUT2D eigenvalue weighted by atomic mass is 10.1. The Kier molecular flexibility index (Phi) is 5.46. The van der Waals surface area contributed by atoms with Crippen molar-refractivity contribution in [3.63, 3.8) is 0 Å². The van der Waals surface area contributed by atoms with Gasteiger partial charge in [-0.3, -0.25) is 4.79 Å². The first-order valence-electron chi connectivity index (χ1n) is 8.13. The maximum absolute atomic E-state index is 11.8. The molecule has 0 saturated carbocycles. The van der Waals surface area contributed by atoms with Gasteiger partial charge in [0, 0.05) is 11.8 Å². The summed E-state index contributed by atoms with van der Waals surface area (Å²) in [5.41, 5.74) is 0.998. The van der Waals surface area contributed by atoms with E-state index in [1.54, 1.807) is 0 Å². The second-order valence-electron chi connectivity index (χ2n) is 5.58. The summed E-state index contributed by atoms with van der Waals surface area (Å²) < 4.78 is 11.1. The largest absolute Gasteiger partial charge is 0.493 e. The van der Waals surface area contributed by atoms with E-state index in [1.165, 1.54) is 0 Å². The Labute approximate surface area is 141 Å². The van der Waals surface area contributed by atoms with Crippen LogP contribution in [-0.2, 0) is 16.1 Å². The van der Waals surface area contributed by atoms with Crippen molar-refractivity contribution in [3.8, 4) is 5.75 Å². The Balaban J connectivity index is 1.42. The van der Waals surface area contributed by atoms with Crippen LogP contribution in [0.4, 0.5) is 0 Å². The lowest BCUT2D eigenvalue weighted by Gasteiger charge is -2.09. The normalized spacial score (nSPS) is 10.5. The zero-order valence-electron chi connectivity index (χ0n) is 13.5. The van der Waals surface area contributed by atoms with Crippen LogP contribution >= 0.6 is 0 Å². The minimum atomic E-state index is -0.194. The van der Waals surface area contributed by atoms with E-state index in [4.69, 9.17) is 9.47 Å². The van der Waals surface area contributed by atoms with E-state index in [0.717, 1.165) is 22.1 Å². The van der Waals surface area contributed by atoms with Crippen LogP contribution in [0, 0.1) is 0 Å². The van der Waals surface area contributed by atoms with E-state index in [0.29, 0.717) is 26.1 Å². The molecule has 0 amide bonds. The van der Waals surface area contributed by atoms with E-state index in [-0.39, 0.29) is 5.97 Å². The highest BCUT2D eigenvalue weighted by Gasteiger charge is 2.05. The molecule has 0 bridgehead atoms. The number of rotatable bonds is 7. The van der Waals surface area contributed by atoms with Crippen molar-refractivity contribution in [2.24, 2.45) is 0 Å². The molecule has 0 aliphatic carbocycles. The van der Waals surface area contributed by atoms with E-state index in [2.05, 4.69) is 12.1 Å². The Morgan fingerprint density at radius 1 is 0.833 bits per heavy atom. The molecular formula is C21H20O3. The smallest absolute Gasteiger partial charge is 0.306 e. The predicted octanol–water partition coefficient (Wildman–Crippen LogP) is 4.74. The number of esters is 1. The quantitative estimate of drug-likeness (QED) is 0.466. The third-order valence-electron chi connectivity index (χ3n) is 3.78. The molecule has 3 heteroatoms. The van der Waals surface area contributed by atoms with E-state index in [9.17, 15) is 4.79 Å². The monoisotopic (exact) mass is 320 g/mol. The molecule has 3 rings (SSSR count). The number of fused-ring (bicyclic) bond motifs is 1. The molecule has 24 heavy (non-hydrogen) atoms. The van der Waals surface area contributed by atoms with Crippen LogP contribution < -0.4 is 4.74 Å². The Bertz CT molecular complexity index is 791. The third kappa shape index (κ3) is 4.35. The van der Waals surface area contributed by atoms with Gasteiger partial charge in [-0.2, -0.15) is 0 Å². The molecule has 3 aromatic rings. The van der Waals surface area contributed by atoms with E-state index in [1.807, 2.05) is 60.7 Å². The molecule has 0 aliphatic heterocycles. The first kappa shape index (κ1) is 16.1. The molecule has 0 fully saturated rings. The van der Waals surface area contributed by atoms with Gasteiger partial charge in [-0.15, -0.1) is 0 Å². The van der Waals surface area contributed by atoms with Crippen LogP contribution in [0.3, 0.4) is 0 Å². The molecule has 0 atom stereocenters. The summed E-state index contributed by atoms with van der Waals surface area (Å²) in [5.74, 6) is 0.658. The van der Waals surface area contributed by atoms with Crippen molar-refractivity contribution in [2.45, 2.75) is 19.4 Å². The van der Waals surface area contributed by atoms with E-state index >= 15 is 0 Å². The first-order chi connectivity index (χ1) is 11.8. The van der Waals surface area contributed by atoms with Crippen molar-refractivity contribution in [1.29, 1.82) is 0 Å². The van der Waals surface area contributed by atoms with Gasteiger partial charge in [0.15, 0.2) is 0 Å². The molecule has 0 aliphatic rings. The fraction of sp³-hybridized carbons (Fsp3) is 0.190. The van der Waals surface area contributed by atoms with Crippen LogP contribution in [0.2, 0.25) is 0 Å². The van der Waals surface area contributed by atoms with Crippen LogP contribution in [0.25, 0.3) is 10.8 Å². The molecule has 3 aromatic carbocycles. The standard InChI is InChI=1S/C21H20O3/c22-21(24-16-17-8-2-1-3-9-17)14-7-15-23-20-13-6-11-18-10-4-5-12-19(18)20/h1-6,8-13H,7,14-16H2. The summed E-state index contributed by atoms with van der Waals surface area (Å²) in [4.78, 5) is 11.8. The van der Waals surface area contributed by atoms with Gasteiger partial charge in [-0.25, -0.2) is 0 Å². The fourth-order valence-electron chi connectivity index (χ4n) is 2.53. The van der Waals surface area contributed by atoms with Crippen molar-refractivity contribution in [2.75, 3.05) is 6.61 Å². The summed E-state index contributed by atoms with van der Waals surface area (Å²) in [5, 5.41) is 2.24. The maximum atomic E-state index is 11.8. The molecule has 0 N–H and O–H groups in total. The zero-order chi connectivity index (χ0) is 16.6. The van der Waals surface area contributed by atoms with Crippen LogP contribution in [0.1, 0.15) is 18.4 Å². The van der Waals surface area contributed by atoms with Gasteiger partial charge in [-0.1, -0.05) is 66.7 Å². The van der Waals surface area contributed by atoms with Gasteiger partial charge in [0.25, 0.3) is 0 Å². The molecule has 0 aromatic heterocycles. The van der Waals surface area contributed by atoms with Crippen LogP contribution in [0.15, 0.2) is 72.8 Å². The molecular weight excluding hydrogens is 300 g/mol. The minimum absolute atomic E-state index is 0.194. The van der Waals surface area contributed by atoms with E-state index < -0.39 is 0 Å². The highest BCUT2D eigenvalue weighted by atomic mass is 16.5. The van der Waals surface area contributed by atoms with Gasteiger partial charge in [0.05, 0.1) is 6.61 Å². The zero-order valence-corrected chi connectivity index (χ0v) is 13.5. The highest BCUT2D eigenvalue weighted by molar-refractivity contribution is 5.88. The summed E-state index contributed by atoms with van der Waals surface area (Å²) in [7, 11) is 0. The number of benzene rings is 3. The fourth-order valence-corrected chi connectivity index (χ4v) is 2.53. The second-order valence-corrected chi connectivity index (χ2v) is 5.58. The van der Waals surface area contributed by atoms with Gasteiger partial charge in [0.2, 0.25) is 0 Å². The molecule has 0 saturated heterocycles. The summed E-state index contributed by atoms with van der Waals surface area (Å²) in [6.07, 6.45) is 0.994. The van der Waals surface area contributed by atoms with Gasteiger partial charge >= 0.3 is 5.97 Å². The molecule has 0 unspecified atom stereocenters. The average Bonchev–Trinajstić information content (AvgIpc) is 2.64. The molecule has 0 heterocycles. The van der Waals surface area contributed by atoms with Crippen molar-refractivity contribution < 1.29 is 14.3 Å². The Morgan fingerprint density at radius 2 is 1.58 bits per heavy atom. The molecule has 0 spiro atoms. The minimum Gasteiger partial charge on any atom is -0.493 e. The maximum Gasteiger partial charge on any atom is 0.306 e. The summed E-state index contributed by atoms with van der Waals surface area (Å²) in [6.45, 7) is 0.818. The predicted molar refractivity (Wildman–Crippen MR) is 94.9 cm³/mol. The number of hydrogen-bond acceptors (Lipinski definition) is 3. The lowest BCUT2D eigenvalue weighted by molar-refractivity contribution is -0.145. The van der Waals surface area contributed by atoms with Gasteiger partial charge in [0.1, 0.15) is 12.4 Å². The number of carbonyl (C=O) groups excluding carboxylic acids is 1. The van der Waals surface area contributed by atoms with Crippen molar-refractivity contribution >= 4 is 16.7 Å². The van der Waals surface area contributed by atoms with Crippen molar-refractivity contribution in [1.82, 2.24) is 0 Å². The van der Waals surface area contributed by atoms with Crippen LogP contribution in [0.5, 0.6) is 5.75 Å². The Hall–Kier alpha value is -2.81. The van der Waals surface area contributed by atoms with Gasteiger partial charge < -0.3 is 9.47 Å². The number of ether oxygens (including phenoxy) is 2. The summed E-state index contributed by atoms with van der Waals surface area (Å²) in [6, 6.07) is 23.8. The lowest BCUT2D eigenvalue weighted by Crippen LogP contribution is -2.07. The molecule has 3 nitrogen and oxygen atoms in total. The Morgan fingerprint density at radius 3 is 2.46 bits per heavy atom. The SMILES string of the molecule is O=C(CCCOc1cccc2ccccc12)OCc1ccccc1. The first-order valence-corrected chi connectivity index (χ1v) is 8.13. The van der Waals surface area contributed by atoms with Crippen LogP contribution in [-0.4, -0.2) is 12.6 Å². The average molecular weight is 320 g/mol. The van der Waals surface area contributed by atoms with Crippen molar-refractivity contribution in [3.05, 3.63) is 78.4 Å². The third-order valence-corrected chi connectivity index (χ3v) is 3.78. The summed E-state index contributed by atoms with van der Waals surface area (Å²) >= 11 is 0.